The number of methoxy groups -OCH3 is 1. The Bertz CT molecular complexity index is 537. The van der Waals surface area contributed by atoms with E-state index in [-0.39, 0.29) is 11.9 Å². The fourth-order valence-electron chi connectivity index (χ4n) is 1.71. The summed E-state index contributed by atoms with van der Waals surface area (Å²) in [4.78, 5) is 23.8. The molecule has 0 radical (unpaired) electrons. The molecule has 1 aromatic rings. The zero-order valence-electron chi connectivity index (χ0n) is 13.2. The van der Waals surface area contributed by atoms with E-state index in [0.29, 0.717) is 16.5 Å². The smallest absolute Gasteiger partial charge is 0.319 e. The van der Waals surface area contributed by atoms with E-state index in [1.54, 1.807) is 25.1 Å². The van der Waals surface area contributed by atoms with Crippen LogP contribution < -0.4 is 20.7 Å². The summed E-state index contributed by atoms with van der Waals surface area (Å²) in [7, 11) is 1.46. The molecule has 0 aliphatic heterocycles. The van der Waals surface area contributed by atoms with Gasteiger partial charge in [0.2, 0.25) is 5.91 Å². The molecular formula is C15H22ClN3O3. The maximum absolute atomic E-state index is 12.0. The molecule has 2 atom stereocenters. The largest absolute Gasteiger partial charge is 0.493 e. The van der Waals surface area contributed by atoms with Crippen molar-refractivity contribution in [2.24, 2.45) is 0 Å². The Morgan fingerprint density at radius 3 is 2.55 bits per heavy atom. The van der Waals surface area contributed by atoms with Gasteiger partial charge in [0, 0.05) is 6.04 Å². The molecule has 122 valence electrons. The molecule has 7 heteroatoms. The lowest BCUT2D eigenvalue weighted by atomic mass is 10.2. The van der Waals surface area contributed by atoms with Gasteiger partial charge in [0.05, 0.1) is 17.8 Å². The highest BCUT2D eigenvalue weighted by molar-refractivity contribution is 6.32. The second kappa shape index (κ2) is 8.48. The van der Waals surface area contributed by atoms with Gasteiger partial charge in [0.15, 0.2) is 5.75 Å². The number of ether oxygens (including phenoxy) is 1. The van der Waals surface area contributed by atoms with Gasteiger partial charge in [-0.2, -0.15) is 0 Å². The van der Waals surface area contributed by atoms with Crippen LogP contribution in [0.4, 0.5) is 10.5 Å². The Balaban J connectivity index is 2.63. The molecule has 1 rings (SSSR count). The van der Waals surface area contributed by atoms with E-state index < -0.39 is 12.1 Å². The molecule has 0 aliphatic carbocycles. The van der Waals surface area contributed by atoms with E-state index in [2.05, 4.69) is 16.0 Å². The van der Waals surface area contributed by atoms with Crippen molar-refractivity contribution < 1.29 is 14.3 Å². The summed E-state index contributed by atoms with van der Waals surface area (Å²) in [6, 6.07) is 3.92. The molecule has 0 saturated heterocycles. The van der Waals surface area contributed by atoms with Gasteiger partial charge in [-0.05, 0) is 32.4 Å². The highest BCUT2D eigenvalue weighted by Gasteiger charge is 2.18. The molecular weight excluding hydrogens is 306 g/mol. The molecule has 0 unspecified atom stereocenters. The molecule has 1 aromatic carbocycles. The van der Waals surface area contributed by atoms with Crippen LogP contribution in [0.2, 0.25) is 5.02 Å². The van der Waals surface area contributed by atoms with Gasteiger partial charge in [0.1, 0.15) is 6.04 Å². The third kappa shape index (κ3) is 5.11. The van der Waals surface area contributed by atoms with E-state index in [1.807, 2.05) is 13.8 Å². The van der Waals surface area contributed by atoms with Gasteiger partial charge in [-0.1, -0.05) is 24.6 Å². The maximum Gasteiger partial charge on any atom is 0.319 e. The van der Waals surface area contributed by atoms with Crippen molar-refractivity contribution in [3.63, 3.8) is 0 Å². The van der Waals surface area contributed by atoms with Crippen molar-refractivity contribution in [3.05, 3.63) is 23.2 Å². The number of carbonyl (C=O) groups is 2. The topological polar surface area (TPSA) is 79.5 Å². The summed E-state index contributed by atoms with van der Waals surface area (Å²) in [5.41, 5.74) is 0.432. The zero-order valence-corrected chi connectivity index (χ0v) is 14.0. The second-order valence-corrected chi connectivity index (χ2v) is 5.37. The van der Waals surface area contributed by atoms with Crippen LogP contribution >= 0.6 is 11.6 Å². The third-order valence-electron chi connectivity index (χ3n) is 3.16. The summed E-state index contributed by atoms with van der Waals surface area (Å²) < 4.78 is 5.14. The van der Waals surface area contributed by atoms with Gasteiger partial charge in [-0.25, -0.2) is 4.79 Å². The predicted octanol–water partition coefficient (Wildman–Crippen LogP) is 2.77. The first-order chi connectivity index (χ1) is 10.4. The summed E-state index contributed by atoms with van der Waals surface area (Å²) in [5, 5.41) is 8.38. The zero-order chi connectivity index (χ0) is 16.7. The maximum atomic E-state index is 12.0. The number of hydrogen-bond acceptors (Lipinski definition) is 3. The number of benzene rings is 1. The van der Waals surface area contributed by atoms with Crippen LogP contribution in [0, 0.1) is 0 Å². The summed E-state index contributed by atoms with van der Waals surface area (Å²) in [5.74, 6) is 0.138. The van der Waals surface area contributed by atoms with Crippen LogP contribution in [0.25, 0.3) is 0 Å². The minimum atomic E-state index is -0.654. The summed E-state index contributed by atoms with van der Waals surface area (Å²) in [6.45, 7) is 5.50. The Morgan fingerprint density at radius 2 is 1.95 bits per heavy atom. The first-order valence-electron chi connectivity index (χ1n) is 7.09. The Labute approximate surface area is 135 Å². The molecule has 0 aliphatic rings. The predicted molar refractivity (Wildman–Crippen MR) is 87.5 cm³/mol. The number of halogens is 1. The van der Waals surface area contributed by atoms with Gasteiger partial charge in [-0.15, -0.1) is 0 Å². The molecule has 3 N–H and O–H groups in total. The van der Waals surface area contributed by atoms with E-state index in [0.717, 1.165) is 6.42 Å². The fourth-order valence-corrected chi connectivity index (χ4v) is 1.96. The van der Waals surface area contributed by atoms with E-state index >= 15 is 0 Å². The van der Waals surface area contributed by atoms with Crippen LogP contribution in [-0.4, -0.2) is 31.1 Å². The number of hydrogen-bond donors (Lipinski definition) is 3. The molecule has 0 bridgehead atoms. The third-order valence-corrected chi connectivity index (χ3v) is 3.46. The average molecular weight is 328 g/mol. The number of nitrogens with one attached hydrogen (secondary N) is 3. The van der Waals surface area contributed by atoms with Crippen molar-refractivity contribution in [1.29, 1.82) is 0 Å². The SMILES string of the molecule is CC[C@H](C)NC(=O)[C@@H](C)NC(=O)Nc1cccc(Cl)c1OC. The summed E-state index contributed by atoms with van der Waals surface area (Å²) >= 11 is 5.98. The van der Waals surface area contributed by atoms with Gasteiger partial charge < -0.3 is 20.7 Å². The van der Waals surface area contributed by atoms with Crippen LogP contribution in [0.5, 0.6) is 5.75 Å². The van der Waals surface area contributed by atoms with Crippen molar-refractivity contribution >= 4 is 29.2 Å². The molecule has 0 aromatic heterocycles. The molecule has 0 saturated carbocycles. The van der Waals surface area contributed by atoms with Gasteiger partial charge in [0.25, 0.3) is 0 Å². The highest BCUT2D eigenvalue weighted by atomic mass is 35.5. The minimum Gasteiger partial charge on any atom is -0.493 e. The lowest BCUT2D eigenvalue weighted by Gasteiger charge is -2.18. The van der Waals surface area contributed by atoms with Crippen molar-refractivity contribution in [2.75, 3.05) is 12.4 Å². The van der Waals surface area contributed by atoms with Crippen molar-refractivity contribution in [2.45, 2.75) is 39.3 Å². The van der Waals surface area contributed by atoms with Crippen LogP contribution in [0.1, 0.15) is 27.2 Å². The second-order valence-electron chi connectivity index (χ2n) is 4.96. The van der Waals surface area contributed by atoms with Gasteiger partial charge in [-0.3, -0.25) is 4.79 Å². The number of rotatable bonds is 6. The first-order valence-corrected chi connectivity index (χ1v) is 7.47. The standard InChI is InChI=1S/C15H22ClN3O3/c1-5-9(2)17-14(20)10(3)18-15(21)19-12-8-6-7-11(16)13(12)22-4/h6-10H,5H2,1-4H3,(H,17,20)(H2,18,19,21)/t9-,10+/m0/s1. The summed E-state index contributed by atoms with van der Waals surface area (Å²) in [6.07, 6.45) is 0.824. The minimum absolute atomic E-state index is 0.0628. The van der Waals surface area contributed by atoms with Crippen LogP contribution in [0.15, 0.2) is 18.2 Å². The van der Waals surface area contributed by atoms with E-state index in [9.17, 15) is 9.59 Å². The first kappa shape index (κ1) is 18.1. The Hall–Kier alpha value is -1.95. The lowest BCUT2D eigenvalue weighted by molar-refractivity contribution is -0.123. The molecule has 0 heterocycles. The van der Waals surface area contributed by atoms with Crippen molar-refractivity contribution in [3.8, 4) is 5.75 Å². The number of urea groups is 1. The van der Waals surface area contributed by atoms with Crippen LogP contribution in [-0.2, 0) is 4.79 Å². The Morgan fingerprint density at radius 1 is 1.27 bits per heavy atom. The van der Waals surface area contributed by atoms with Crippen LogP contribution in [0.3, 0.4) is 0 Å². The highest BCUT2D eigenvalue weighted by Crippen LogP contribution is 2.32. The number of amides is 3. The molecule has 6 nitrogen and oxygen atoms in total. The Kier molecular flexibility index (Phi) is 6.98. The quantitative estimate of drug-likeness (QED) is 0.751. The average Bonchev–Trinajstić information content (AvgIpc) is 2.47. The lowest BCUT2D eigenvalue weighted by Crippen LogP contribution is -2.48. The number of anilines is 1. The molecule has 0 fully saturated rings. The molecule has 0 spiro atoms. The normalized spacial score (nSPS) is 13.0. The number of carbonyl (C=O) groups excluding carboxylic acids is 2. The number of para-hydroxylation sites is 1. The van der Waals surface area contributed by atoms with E-state index in [1.165, 1.54) is 7.11 Å². The fraction of sp³-hybridized carbons (Fsp3) is 0.467. The monoisotopic (exact) mass is 327 g/mol. The van der Waals surface area contributed by atoms with Gasteiger partial charge >= 0.3 is 6.03 Å². The van der Waals surface area contributed by atoms with Crippen molar-refractivity contribution in [1.82, 2.24) is 10.6 Å². The van der Waals surface area contributed by atoms with E-state index in [4.69, 9.17) is 16.3 Å². The molecule has 3 amide bonds. The molecule has 22 heavy (non-hydrogen) atoms.